The predicted molar refractivity (Wildman–Crippen MR) is 62.6 cm³/mol. The van der Waals surface area contributed by atoms with E-state index in [4.69, 9.17) is 5.26 Å². The maximum Gasteiger partial charge on any atom is 0.0683 e. The van der Waals surface area contributed by atoms with Crippen molar-refractivity contribution in [3.05, 3.63) is 0 Å². The Kier molecular flexibility index (Phi) is 5.07. The minimum atomic E-state index is -0.149. The minimum absolute atomic E-state index is 0.149. The Balaban J connectivity index is 2.16. The van der Waals surface area contributed by atoms with Gasteiger partial charge in [0.25, 0.3) is 0 Å². The largest absolute Gasteiger partial charge is 0.315 e. The van der Waals surface area contributed by atoms with E-state index in [1.54, 1.807) is 0 Å². The first-order valence-electron chi connectivity index (χ1n) is 5.98. The molecule has 0 aromatic rings. The van der Waals surface area contributed by atoms with Crippen LogP contribution < -0.4 is 5.32 Å². The fourth-order valence-electron chi connectivity index (χ4n) is 1.93. The Labute approximate surface area is 93.5 Å². The number of rotatable bonds is 4. The molecule has 0 bridgehead atoms. The zero-order chi connectivity index (χ0) is 11.1. The van der Waals surface area contributed by atoms with Gasteiger partial charge in [0, 0.05) is 13.1 Å². The molecule has 0 atom stereocenters. The SMILES string of the molecule is CC(C)(C#N)CCCN1CCCNCC1. The highest BCUT2D eigenvalue weighted by Crippen LogP contribution is 2.20. The zero-order valence-corrected chi connectivity index (χ0v) is 10.1. The van der Waals surface area contributed by atoms with Crippen LogP contribution in [0.1, 0.15) is 33.1 Å². The first kappa shape index (κ1) is 12.5. The lowest BCUT2D eigenvalue weighted by molar-refractivity contribution is 0.271. The lowest BCUT2D eigenvalue weighted by atomic mass is 9.90. The molecule has 1 aliphatic heterocycles. The summed E-state index contributed by atoms with van der Waals surface area (Å²) in [6.45, 7) is 9.83. The van der Waals surface area contributed by atoms with E-state index in [1.807, 2.05) is 13.8 Å². The molecular weight excluding hydrogens is 186 g/mol. The molecule has 86 valence electrons. The van der Waals surface area contributed by atoms with Crippen molar-refractivity contribution in [2.75, 3.05) is 32.7 Å². The van der Waals surface area contributed by atoms with E-state index in [0.29, 0.717) is 0 Å². The summed E-state index contributed by atoms with van der Waals surface area (Å²) < 4.78 is 0. The zero-order valence-electron chi connectivity index (χ0n) is 10.1. The number of hydrogen-bond donors (Lipinski definition) is 1. The van der Waals surface area contributed by atoms with Crippen LogP contribution in [0.3, 0.4) is 0 Å². The molecule has 1 N–H and O–H groups in total. The van der Waals surface area contributed by atoms with Crippen LogP contribution >= 0.6 is 0 Å². The molecule has 3 heteroatoms. The van der Waals surface area contributed by atoms with E-state index in [2.05, 4.69) is 16.3 Å². The second-order valence-electron chi connectivity index (χ2n) is 5.04. The van der Waals surface area contributed by atoms with E-state index >= 15 is 0 Å². The third-order valence-corrected chi connectivity index (χ3v) is 3.01. The Morgan fingerprint density at radius 2 is 2.13 bits per heavy atom. The first-order valence-corrected chi connectivity index (χ1v) is 5.98. The third kappa shape index (κ3) is 5.15. The van der Waals surface area contributed by atoms with Crippen molar-refractivity contribution in [1.29, 1.82) is 5.26 Å². The summed E-state index contributed by atoms with van der Waals surface area (Å²) in [5, 5.41) is 12.3. The summed E-state index contributed by atoms with van der Waals surface area (Å²) >= 11 is 0. The summed E-state index contributed by atoms with van der Waals surface area (Å²) in [5.74, 6) is 0. The summed E-state index contributed by atoms with van der Waals surface area (Å²) in [4.78, 5) is 2.51. The van der Waals surface area contributed by atoms with Gasteiger partial charge in [0.05, 0.1) is 11.5 Å². The van der Waals surface area contributed by atoms with Crippen molar-refractivity contribution >= 4 is 0 Å². The van der Waals surface area contributed by atoms with E-state index in [9.17, 15) is 0 Å². The van der Waals surface area contributed by atoms with Crippen molar-refractivity contribution in [3.8, 4) is 6.07 Å². The molecule has 0 aromatic heterocycles. The van der Waals surface area contributed by atoms with Crippen LogP contribution in [-0.2, 0) is 0 Å². The van der Waals surface area contributed by atoms with E-state index in [-0.39, 0.29) is 5.41 Å². The van der Waals surface area contributed by atoms with Gasteiger partial charge < -0.3 is 10.2 Å². The molecule has 3 nitrogen and oxygen atoms in total. The number of hydrogen-bond acceptors (Lipinski definition) is 3. The molecule has 0 saturated carbocycles. The second-order valence-corrected chi connectivity index (χ2v) is 5.04. The van der Waals surface area contributed by atoms with Crippen molar-refractivity contribution in [3.63, 3.8) is 0 Å². The maximum atomic E-state index is 8.90. The average molecular weight is 209 g/mol. The second kappa shape index (κ2) is 6.09. The normalized spacial score (nSPS) is 19.5. The van der Waals surface area contributed by atoms with Gasteiger partial charge in [0.15, 0.2) is 0 Å². The summed E-state index contributed by atoms with van der Waals surface area (Å²) in [6.07, 6.45) is 3.40. The first-order chi connectivity index (χ1) is 7.14. The quantitative estimate of drug-likeness (QED) is 0.764. The van der Waals surface area contributed by atoms with Crippen LogP contribution in [0, 0.1) is 16.7 Å². The molecule has 0 unspecified atom stereocenters. The Bertz CT molecular complexity index is 209. The molecular formula is C12H23N3. The minimum Gasteiger partial charge on any atom is -0.315 e. The molecule has 0 amide bonds. The maximum absolute atomic E-state index is 8.90. The van der Waals surface area contributed by atoms with Crippen molar-refractivity contribution in [2.45, 2.75) is 33.1 Å². The smallest absolute Gasteiger partial charge is 0.0683 e. The molecule has 1 saturated heterocycles. The van der Waals surface area contributed by atoms with Crippen LogP contribution in [0.5, 0.6) is 0 Å². The van der Waals surface area contributed by atoms with Crippen molar-refractivity contribution in [2.24, 2.45) is 5.41 Å². The standard InChI is InChI=1S/C12H23N3/c1-12(2,11-13)5-3-8-15-9-4-6-14-7-10-15/h14H,3-10H2,1-2H3. The molecule has 1 fully saturated rings. The van der Waals surface area contributed by atoms with Crippen LogP contribution in [-0.4, -0.2) is 37.6 Å². The summed E-state index contributed by atoms with van der Waals surface area (Å²) in [6, 6.07) is 2.36. The highest BCUT2D eigenvalue weighted by Gasteiger charge is 2.16. The third-order valence-electron chi connectivity index (χ3n) is 3.01. The number of nitrogens with one attached hydrogen (secondary N) is 1. The number of nitrogens with zero attached hydrogens (tertiary/aromatic N) is 2. The number of nitriles is 1. The Hall–Kier alpha value is -0.590. The monoisotopic (exact) mass is 209 g/mol. The average Bonchev–Trinajstić information content (AvgIpc) is 2.46. The van der Waals surface area contributed by atoms with Gasteiger partial charge in [-0.05, 0) is 52.7 Å². The molecule has 1 rings (SSSR count). The van der Waals surface area contributed by atoms with Gasteiger partial charge in [-0.15, -0.1) is 0 Å². The van der Waals surface area contributed by atoms with Crippen LogP contribution in [0.4, 0.5) is 0 Å². The fourth-order valence-corrected chi connectivity index (χ4v) is 1.93. The molecule has 0 radical (unpaired) electrons. The Morgan fingerprint density at radius 1 is 1.33 bits per heavy atom. The molecule has 0 aromatic carbocycles. The molecule has 15 heavy (non-hydrogen) atoms. The highest BCUT2D eigenvalue weighted by atomic mass is 15.1. The van der Waals surface area contributed by atoms with Gasteiger partial charge in [-0.2, -0.15) is 5.26 Å². The topological polar surface area (TPSA) is 39.1 Å². The van der Waals surface area contributed by atoms with Crippen molar-refractivity contribution < 1.29 is 0 Å². The van der Waals surface area contributed by atoms with Gasteiger partial charge in [0.2, 0.25) is 0 Å². The van der Waals surface area contributed by atoms with Crippen LogP contribution in [0.2, 0.25) is 0 Å². The molecule has 0 aliphatic carbocycles. The summed E-state index contributed by atoms with van der Waals surface area (Å²) in [5.41, 5.74) is -0.149. The van der Waals surface area contributed by atoms with E-state index in [1.165, 1.54) is 13.0 Å². The van der Waals surface area contributed by atoms with Crippen LogP contribution in [0.15, 0.2) is 0 Å². The molecule has 1 aliphatic rings. The lowest BCUT2D eigenvalue weighted by Gasteiger charge is -2.21. The van der Waals surface area contributed by atoms with E-state index < -0.39 is 0 Å². The highest BCUT2D eigenvalue weighted by molar-refractivity contribution is 4.91. The van der Waals surface area contributed by atoms with Crippen LogP contribution in [0.25, 0.3) is 0 Å². The van der Waals surface area contributed by atoms with Gasteiger partial charge in [0.1, 0.15) is 0 Å². The van der Waals surface area contributed by atoms with Gasteiger partial charge in [-0.1, -0.05) is 0 Å². The van der Waals surface area contributed by atoms with Gasteiger partial charge in [-0.3, -0.25) is 0 Å². The molecule has 1 heterocycles. The van der Waals surface area contributed by atoms with Gasteiger partial charge >= 0.3 is 0 Å². The molecule has 0 spiro atoms. The van der Waals surface area contributed by atoms with Crippen molar-refractivity contribution in [1.82, 2.24) is 10.2 Å². The fraction of sp³-hybridized carbons (Fsp3) is 0.917. The van der Waals surface area contributed by atoms with E-state index in [0.717, 1.165) is 39.0 Å². The Morgan fingerprint density at radius 3 is 2.87 bits per heavy atom. The van der Waals surface area contributed by atoms with Gasteiger partial charge in [-0.25, -0.2) is 0 Å². The summed E-state index contributed by atoms with van der Waals surface area (Å²) in [7, 11) is 0. The predicted octanol–water partition coefficient (Wildman–Crippen LogP) is 1.61. The lowest BCUT2D eigenvalue weighted by Crippen LogP contribution is -2.29.